The Morgan fingerprint density at radius 2 is 1.86 bits per heavy atom. The fourth-order valence-corrected chi connectivity index (χ4v) is 5.16. The third-order valence-corrected chi connectivity index (χ3v) is 6.90. The summed E-state index contributed by atoms with van der Waals surface area (Å²) >= 11 is 1.72. The molecule has 1 saturated heterocycles. The number of hydrogen-bond donors (Lipinski definition) is 0. The van der Waals surface area contributed by atoms with Crippen LogP contribution in [0.1, 0.15) is 39.7 Å². The minimum Gasteiger partial charge on any atom is -0.343 e. The molecule has 0 spiro atoms. The Bertz CT molecular complexity index is 842. The Labute approximate surface area is 178 Å². The zero-order valence-corrected chi connectivity index (χ0v) is 18.8. The zero-order valence-electron chi connectivity index (χ0n) is 18.0. The van der Waals surface area contributed by atoms with Crippen molar-refractivity contribution >= 4 is 23.2 Å². The van der Waals surface area contributed by atoms with Crippen molar-refractivity contribution in [2.75, 3.05) is 26.2 Å². The maximum atomic E-state index is 13.7. The molecule has 2 heterocycles. The molecule has 0 N–H and O–H groups in total. The number of thiophene rings is 1. The van der Waals surface area contributed by atoms with Crippen LogP contribution in [0.15, 0.2) is 41.8 Å². The molecule has 1 fully saturated rings. The van der Waals surface area contributed by atoms with Gasteiger partial charge in [0, 0.05) is 37.0 Å². The third-order valence-electron chi connectivity index (χ3n) is 6.00. The molecule has 2 aromatic rings. The van der Waals surface area contributed by atoms with E-state index >= 15 is 0 Å². The largest absolute Gasteiger partial charge is 0.343 e. The molecule has 0 bridgehead atoms. The number of carbonyl (C=O) groups excluding carboxylic acids is 2. The second-order valence-electron chi connectivity index (χ2n) is 8.23. The van der Waals surface area contributed by atoms with Crippen LogP contribution >= 0.6 is 11.3 Å². The van der Waals surface area contributed by atoms with Gasteiger partial charge in [0.1, 0.15) is 0 Å². The van der Waals surface area contributed by atoms with Gasteiger partial charge in [-0.05, 0) is 49.3 Å². The standard InChI is InChI=1S/C24H32N2O2S/c1-5-25(6-2)23(28)24(13-14-26(17-24)22(27)18(3)4)16-19-10-7-8-11-20(19)21-12-9-15-29-21/h7-12,15,18H,5-6,13-14,16-17H2,1-4H3/t24-/m0/s1. The molecule has 5 heteroatoms. The van der Waals surface area contributed by atoms with Gasteiger partial charge in [-0.25, -0.2) is 0 Å². The molecule has 3 rings (SSSR count). The predicted molar refractivity (Wildman–Crippen MR) is 120 cm³/mol. The van der Waals surface area contributed by atoms with E-state index in [2.05, 4.69) is 35.7 Å². The lowest BCUT2D eigenvalue weighted by Gasteiger charge is -2.34. The van der Waals surface area contributed by atoms with Crippen LogP contribution in [-0.4, -0.2) is 47.8 Å². The molecule has 0 aliphatic carbocycles. The minimum absolute atomic E-state index is 0.0484. The molecule has 0 radical (unpaired) electrons. The number of amides is 2. The highest BCUT2D eigenvalue weighted by atomic mass is 32.1. The highest BCUT2D eigenvalue weighted by Gasteiger charge is 2.47. The predicted octanol–water partition coefficient (Wildman–Crippen LogP) is 4.70. The lowest BCUT2D eigenvalue weighted by molar-refractivity contribution is -0.142. The first-order valence-electron chi connectivity index (χ1n) is 10.6. The van der Waals surface area contributed by atoms with E-state index in [1.54, 1.807) is 11.3 Å². The Balaban J connectivity index is 1.98. The van der Waals surface area contributed by atoms with E-state index in [1.807, 2.05) is 43.6 Å². The van der Waals surface area contributed by atoms with Crippen molar-refractivity contribution in [1.29, 1.82) is 0 Å². The Hall–Kier alpha value is -2.14. The van der Waals surface area contributed by atoms with Gasteiger partial charge in [-0.1, -0.05) is 44.2 Å². The lowest BCUT2D eigenvalue weighted by atomic mass is 9.78. The van der Waals surface area contributed by atoms with Crippen LogP contribution < -0.4 is 0 Å². The van der Waals surface area contributed by atoms with Crippen LogP contribution in [0.5, 0.6) is 0 Å². The molecule has 1 aromatic heterocycles. The van der Waals surface area contributed by atoms with Gasteiger partial charge < -0.3 is 9.80 Å². The Kier molecular flexibility index (Phi) is 6.78. The summed E-state index contributed by atoms with van der Waals surface area (Å²) in [5.41, 5.74) is 1.83. The Morgan fingerprint density at radius 1 is 1.14 bits per heavy atom. The van der Waals surface area contributed by atoms with Gasteiger partial charge in [0.25, 0.3) is 0 Å². The monoisotopic (exact) mass is 412 g/mol. The highest BCUT2D eigenvalue weighted by Crippen LogP contribution is 2.40. The van der Waals surface area contributed by atoms with Gasteiger partial charge in [0.2, 0.25) is 11.8 Å². The van der Waals surface area contributed by atoms with Crippen LogP contribution in [0.25, 0.3) is 10.4 Å². The summed E-state index contributed by atoms with van der Waals surface area (Å²) in [6.07, 6.45) is 1.39. The van der Waals surface area contributed by atoms with Gasteiger partial charge in [-0.2, -0.15) is 0 Å². The topological polar surface area (TPSA) is 40.6 Å². The first-order chi connectivity index (χ1) is 13.9. The molecule has 4 nitrogen and oxygen atoms in total. The molecule has 0 saturated carbocycles. The molecule has 1 aliphatic heterocycles. The summed E-state index contributed by atoms with van der Waals surface area (Å²) in [6.45, 7) is 10.5. The van der Waals surface area contributed by atoms with E-state index < -0.39 is 5.41 Å². The van der Waals surface area contributed by atoms with Crippen molar-refractivity contribution in [2.24, 2.45) is 11.3 Å². The normalized spacial score (nSPS) is 19.0. The number of benzene rings is 1. The van der Waals surface area contributed by atoms with Crippen LogP contribution in [0.3, 0.4) is 0 Å². The molecule has 2 amide bonds. The number of rotatable bonds is 7. The number of hydrogen-bond acceptors (Lipinski definition) is 3. The van der Waals surface area contributed by atoms with Crippen molar-refractivity contribution in [3.05, 3.63) is 47.3 Å². The fraction of sp³-hybridized carbons (Fsp3) is 0.500. The zero-order chi connectivity index (χ0) is 21.0. The molecule has 29 heavy (non-hydrogen) atoms. The summed E-state index contributed by atoms with van der Waals surface area (Å²) < 4.78 is 0. The smallest absolute Gasteiger partial charge is 0.230 e. The van der Waals surface area contributed by atoms with E-state index in [9.17, 15) is 9.59 Å². The van der Waals surface area contributed by atoms with Gasteiger partial charge in [-0.15, -0.1) is 11.3 Å². The summed E-state index contributed by atoms with van der Waals surface area (Å²) in [5.74, 6) is 0.279. The third kappa shape index (κ3) is 4.40. The molecule has 0 unspecified atom stereocenters. The quantitative estimate of drug-likeness (QED) is 0.661. The second-order valence-corrected chi connectivity index (χ2v) is 9.18. The lowest BCUT2D eigenvalue weighted by Crippen LogP contribution is -2.47. The van der Waals surface area contributed by atoms with Gasteiger partial charge in [0.05, 0.1) is 5.41 Å². The van der Waals surface area contributed by atoms with Crippen molar-refractivity contribution in [3.63, 3.8) is 0 Å². The minimum atomic E-state index is -0.552. The van der Waals surface area contributed by atoms with Gasteiger partial charge >= 0.3 is 0 Å². The maximum absolute atomic E-state index is 13.7. The Morgan fingerprint density at radius 3 is 2.48 bits per heavy atom. The number of likely N-dealkylation sites (tertiary alicyclic amines) is 1. The van der Waals surface area contributed by atoms with Crippen molar-refractivity contribution in [3.8, 4) is 10.4 Å². The molecule has 156 valence electrons. The van der Waals surface area contributed by atoms with E-state index in [0.29, 0.717) is 32.6 Å². The molecule has 1 aromatic carbocycles. The van der Waals surface area contributed by atoms with E-state index in [0.717, 1.165) is 6.42 Å². The van der Waals surface area contributed by atoms with Crippen LogP contribution in [0, 0.1) is 11.3 Å². The molecular formula is C24H32N2O2S. The average Bonchev–Trinajstić information content (AvgIpc) is 3.39. The summed E-state index contributed by atoms with van der Waals surface area (Å²) in [7, 11) is 0. The number of nitrogens with zero attached hydrogens (tertiary/aromatic N) is 2. The molecular weight excluding hydrogens is 380 g/mol. The molecule has 1 aliphatic rings. The first kappa shape index (κ1) is 21.6. The molecule has 1 atom stereocenters. The van der Waals surface area contributed by atoms with E-state index in [4.69, 9.17) is 0 Å². The van der Waals surface area contributed by atoms with Crippen molar-refractivity contribution in [2.45, 2.75) is 40.5 Å². The van der Waals surface area contributed by atoms with Gasteiger partial charge in [0.15, 0.2) is 0 Å². The first-order valence-corrected chi connectivity index (χ1v) is 11.5. The summed E-state index contributed by atoms with van der Waals surface area (Å²) in [4.78, 5) is 31.4. The SMILES string of the molecule is CCN(CC)C(=O)[C@]1(Cc2ccccc2-c2cccs2)CCN(C(=O)C(C)C)C1. The number of carbonyl (C=O) groups is 2. The summed E-state index contributed by atoms with van der Waals surface area (Å²) in [5, 5.41) is 2.08. The van der Waals surface area contributed by atoms with Crippen LogP contribution in [0.2, 0.25) is 0 Å². The highest BCUT2D eigenvalue weighted by molar-refractivity contribution is 7.13. The van der Waals surface area contributed by atoms with Crippen molar-refractivity contribution < 1.29 is 9.59 Å². The average molecular weight is 413 g/mol. The fourth-order valence-electron chi connectivity index (χ4n) is 4.38. The van der Waals surface area contributed by atoms with Crippen molar-refractivity contribution in [1.82, 2.24) is 9.80 Å². The second kappa shape index (κ2) is 9.12. The summed E-state index contributed by atoms with van der Waals surface area (Å²) in [6, 6.07) is 12.6. The maximum Gasteiger partial charge on any atom is 0.230 e. The van der Waals surface area contributed by atoms with E-state index in [-0.39, 0.29) is 17.7 Å². The van der Waals surface area contributed by atoms with Crippen LogP contribution in [-0.2, 0) is 16.0 Å². The van der Waals surface area contributed by atoms with Gasteiger partial charge in [-0.3, -0.25) is 9.59 Å². The van der Waals surface area contributed by atoms with E-state index in [1.165, 1.54) is 16.0 Å². The van der Waals surface area contributed by atoms with Crippen LogP contribution in [0.4, 0.5) is 0 Å².